The number of rotatable bonds is 5. The van der Waals surface area contributed by atoms with Gasteiger partial charge < -0.3 is 5.73 Å². The van der Waals surface area contributed by atoms with Crippen LogP contribution in [-0.4, -0.2) is 18.5 Å². The second-order valence-corrected chi connectivity index (χ2v) is 6.79. The van der Waals surface area contributed by atoms with Crippen LogP contribution in [-0.2, 0) is 6.54 Å². The van der Waals surface area contributed by atoms with Gasteiger partial charge in [-0.1, -0.05) is 51.3 Å². The molecule has 5 heteroatoms. The first-order chi connectivity index (χ1) is 9.99. The quantitative estimate of drug-likeness (QED) is 0.791. The van der Waals surface area contributed by atoms with Crippen LogP contribution in [0.25, 0.3) is 0 Å². The molecule has 0 bridgehead atoms. The summed E-state index contributed by atoms with van der Waals surface area (Å²) in [5.41, 5.74) is 8.21. The van der Waals surface area contributed by atoms with Gasteiger partial charge in [0.2, 0.25) is 0 Å². The van der Waals surface area contributed by atoms with Crippen molar-refractivity contribution in [2.45, 2.75) is 12.6 Å². The van der Waals surface area contributed by atoms with Crippen molar-refractivity contribution >= 4 is 39.1 Å². The van der Waals surface area contributed by atoms with E-state index in [0.717, 1.165) is 16.6 Å². The van der Waals surface area contributed by atoms with Crippen LogP contribution in [0.4, 0.5) is 0 Å². The minimum atomic E-state index is 0.0696. The summed E-state index contributed by atoms with van der Waals surface area (Å²) >= 11 is 15.7. The summed E-state index contributed by atoms with van der Waals surface area (Å²) in [5.74, 6) is 0. The number of likely N-dealkylation sites (N-methyl/N-ethyl adjacent to an activating group) is 1. The van der Waals surface area contributed by atoms with Crippen LogP contribution < -0.4 is 5.73 Å². The topological polar surface area (TPSA) is 29.3 Å². The maximum Gasteiger partial charge on any atom is 0.0472 e. The first-order valence-corrected chi connectivity index (χ1v) is 8.15. The van der Waals surface area contributed by atoms with Crippen LogP contribution >= 0.6 is 39.1 Å². The van der Waals surface area contributed by atoms with Crippen LogP contribution in [0.3, 0.4) is 0 Å². The predicted octanol–water partition coefficient (Wildman–Crippen LogP) is 4.89. The van der Waals surface area contributed by atoms with E-state index in [1.807, 2.05) is 31.3 Å². The fourth-order valence-corrected chi connectivity index (χ4v) is 3.36. The summed E-state index contributed by atoms with van der Waals surface area (Å²) in [5, 5.41) is 1.26. The van der Waals surface area contributed by atoms with Crippen LogP contribution in [0.2, 0.25) is 10.0 Å². The van der Waals surface area contributed by atoms with Crippen molar-refractivity contribution in [3.8, 4) is 0 Å². The zero-order valence-corrected chi connectivity index (χ0v) is 14.8. The molecule has 0 fully saturated rings. The van der Waals surface area contributed by atoms with Gasteiger partial charge in [0.05, 0.1) is 0 Å². The highest BCUT2D eigenvalue weighted by atomic mass is 79.9. The van der Waals surface area contributed by atoms with Crippen LogP contribution in [0.15, 0.2) is 46.9 Å². The first kappa shape index (κ1) is 16.8. The van der Waals surface area contributed by atoms with E-state index < -0.39 is 0 Å². The van der Waals surface area contributed by atoms with E-state index in [1.54, 1.807) is 6.07 Å². The van der Waals surface area contributed by atoms with Crippen molar-refractivity contribution in [1.82, 2.24) is 4.90 Å². The molecule has 112 valence electrons. The summed E-state index contributed by atoms with van der Waals surface area (Å²) in [6, 6.07) is 13.9. The Bertz CT molecular complexity index is 599. The van der Waals surface area contributed by atoms with Crippen molar-refractivity contribution in [3.05, 3.63) is 68.1 Å². The molecule has 0 saturated heterocycles. The molecule has 2 aromatic carbocycles. The summed E-state index contributed by atoms with van der Waals surface area (Å²) in [6.07, 6.45) is 0. The molecule has 2 rings (SSSR count). The Kier molecular flexibility index (Phi) is 6.08. The van der Waals surface area contributed by atoms with Crippen molar-refractivity contribution in [1.29, 1.82) is 0 Å². The van der Waals surface area contributed by atoms with Crippen LogP contribution in [0, 0.1) is 0 Å². The summed E-state index contributed by atoms with van der Waals surface area (Å²) in [4.78, 5) is 2.20. The summed E-state index contributed by atoms with van der Waals surface area (Å²) < 4.78 is 1.07. The molecule has 2 nitrogen and oxygen atoms in total. The average molecular weight is 388 g/mol. The number of halogens is 3. The molecule has 0 aliphatic carbocycles. The molecule has 21 heavy (non-hydrogen) atoms. The number of benzene rings is 2. The second-order valence-electron chi connectivity index (χ2n) is 5.00. The van der Waals surface area contributed by atoms with E-state index in [0.29, 0.717) is 16.6 Å². The molecule has 0 aliphatic heterocycles. The van der Waals surface area contributed by atoms with Crippen LogP contribution in [0.1, 0.15) is 17.2 Å². The Morgan fingerprint density at radius 2 is 1.81 bits per heavy atom. The maximum absolute atomic E-state index is 6.09. The minimum Gasteiger partial charge on any atom is -0.329 e. The van der Waals surface area contributed by atoms with E-state index >= 15 is 0 Å². The predicted molar refractivity (Wildman–Crippen MR) is 93.9 cm³/mol. The lowest BCUT2D eigenvalue weighted by Gasteiger charge is -2.27. The molecular weight excluding hydrogens is 371 g/mol. The standard InChI is InChI=1S/C16H17BrCl2N2/c1-21(10-11-3-2-4-13(17)5-11)16(9-20)12-6-14(18)8-15(19)7-12/h2-8,16H,9-10,20H2,1H3. The fourth-order valence-electron chi connectivity index (χ4n) is 2.37. The molecule has 0 aromatic heterocycles. The Labute approximate surface area is 144 Å². The molecule has 0 radical (unpaired) electrons. The largest absolute Gasteiger partial charge is 0.329 e. The van der Waals surface area contributed by atoms with E-state index in [2.05, 4.69) is 33.0 Å². The smallest absolute Gasteiger partial charge is 0.0472 e. The Balaban J connectivity index is 2.20. The van der Waals surface area contributed by atoms with E-state index in [1.165, 1.54) is 5.56 Å². The molecule has 2 N–H and O–H groups in total. The van der Waals surface area contributed by atoms with E-state index in [-0.39, 0.29) is 6.04 Å². The first-order valence-electron chi connectivity index (χ1n) is 6.60. The highest BCUT2D eigenvalue weighted by Crippen LogP contribution is 2.27. The van der Waals surface area contributed by atoms with Gasteiger partial charge in [-0.15, -0.1) is 0 Å². The van der Waals surface area contributed by atoms with E-state index in [9.17, 15) is 0 Å². The lowest BCUT2D eigenvalue weighted by Crippen LogP contribution is -2.30. The number of nitrogens with zero attached hydrogens (tertiary/aromatic N) is 1. The van der Waals surface area contributed by atoms with Crippen molar-refractivity contribution in [3.63, 3.8) is 0 Å². The van der Waals surface area contributed by atoms with Crippen molar-refractivity contribution in [2.75, 3.05) is 13.6 Å². The molecule has 0 aliphatic rings. The zero-order valence-electron chi connectivity index (χ0n) is 11.7. The molecule has 1 atom stereocenters. The molecule has 0 amide bonds. The molecule has 0 saturated carbocycles. The third-order valence-corrected chi connectivity index (χ3v) is 4.28. The number of hydrogen-bond donors (Lipinski definition) is 1. The van der Waals surface area contributed by atoms with Gasteiger partial charge in [0.25, 0.3) is 0 Å². The monoisotopic (exact) mass is 386 g/mol. The Morgan fingerprint density at radius 3 is 2.38 bits per heavy atom. The van der Waals surface area contributed by atoms with Gasteiger partial charge in [-0.3, -0.25) is 4.90 Å². The van der Waals surface area contributed by atoms with Gasteiger partial charge >= 0.3 is 0 Å². The lowest BCUT2D eigenvalue weighted by molar-refractivity contribution is 0.242. The van der Waals surface area contributed by atoms with Gasteiger partial charge in [-0.05, 0) is 48.5 Å². The lowest BCUT2D eigenvalue weighted by atomic mass is 10.0. The Hall–Kier alpha value is -0.580. The second kappa shape index (κ2) is 7.61. The van der Waals surface area contributed by atoms with Gasteiger partial charge in [0.15, 0.2) is 0 Å². The molecule has 0 spiro atoms. The normalized spacial score (nSPS) is 12.7. The van der Waals surface area contributed by atoms with Crippen molar-refractivity contribution in [2.24, 2.45) is 5.73 Å². The third-order valence-electron chi connectivity index (χ3n) is 3.35. The average Bonchev–Trinajstić information content (AvgIpc) is 2.38. The molecule has 0 heterocycles. The maximum atomic E-state index is 6.09. The SMILES string of the molecule is CN(Cc1cccc(Br)c1)C(CN)c1cc(Cl)cc(Cl)c1. The van der Waals surface area contributed by atoms with Gasteiger partial charge in [0, 0.05) is 33.6 Å². The van der Waals surface area contributed by atoms with Crippen molar-refractivity contribution < 1.29 is 0 Å². The third kappa shape index (κ3) is 4.70. The highest BCUT2D eigenvalue weighted by Gasteiger charge is 2.17. The van der Waals surface area contributed by atoms with E-state index in [4.69, 9.17) is 28.9 Å². The Morgan fingerprint density at radius 1 is 1.14 bits per heavy atom. The fraction of sp³-hybridized carbons (Fsp3) is 0.250. The summed E-state index contributed by atoms with van der Waals surface area (Å²) in [7, 11) is 2.05. The molecular formula is C16H17BrCl2N2. The number of hydrogen-bond acceptors (Lipinski definition) is 2. The zero-order chi connectivity index (χ0) is 15.4. The highest BCUT2D eigenvalue weighted by molar-refractivity contribution is 9.10. The molecule has 2 aromatic rings. The molecule has 1 unspecified atom stereocenters. The van der Waals surface area contributed by atoms with Gasteiger partial charge in [-0.2, -0.15) is 0 Å². The summed E-state index contributed by atoms with van der Waals surface area (Å²) in [6.45, 7) is 1.30. The van der Waals surface area contributed by atoms with Crippen LogP contribution in [0.5, 0.6) is 0 Å². The van der Waals surface area contributed by atoms with Gasteiger partial charge in [-0.25, -0.2) is 0 Å². The minimum absolute atomic E-state index is 0.0696. The number of nitrogens with two attached hydrogens (primary N) is 1. The van der Waals surface area contributed by atoms with Gasteiger partial charge in [0.1, 0.15) is 0 Å².